The fraction of sp³-hybridized carbons (Fsp3) is 0.714. The van der Waals surface area contributed by atoms with E-state index >= 15 is 0 Å². The number of ether oxygens (including phenoxy) is 1. The molecule has 1 aliphatic carbocycles. The van der Waals surface area contributed by atoms with E-state index in [0.29, 0.717) is 11.8 Å². The molecule has 2 atom stereocenters. The van der Waals surface area contributed by atoms with Gasteiger partial charge in [0.1, 0.15) is 5.60 Å². The van der Waals surface area contributed by atoms with Gasteiger partial charge in [0.2, 0.25) is 0 Å². The van der Waals surface area contributed by atoms with Gasteiger partial charge in [0.15, 0.2) is 0 Å². The average Bonchev–Trinajstić information content (AvgIpc) is 2.92. The van der Waals surface area contributed by atoms with Gasteiger partial charge < -0.3 is 14.6 Å². The van der Waals surface area contributed by atoms with Crippen molar-refractivity contribution in [1.82, 2.24) is 14.9 Å². The molecule has 1 aromatic rings. The molecule has 0 bridgehead atoms. The highest BCUT2D eigenvalue weighted by molar-refractivity contribution is 5.68. The van der Waals surface area contributed by atoms with Crippen molar-refractivity contribution in [1.29, 1.82) is 0 Å². The Bertz CT molecular complexity index is 489. The summed E-state index contributed by atoms with van der Waals surface area (Å²) in [5, 5.41) is 0. The maximum atomic E-state index is 12.1. The van der Waals surface area contributed by atoms with Gasteiger partial charge in [0.05, 0.1) is 12.0 Å². The number of aromatic nitrogens is 2. The van der Waals surface area contributed by atoms with E-state index in [1.807, 2.05) is 25.7 Å². The van der Waals surface area contributed by atoms with Crippen LogP contribution in [0.2, 0.25) is 0 Å². The zero-order valence-corrected chi connectivity index (χ0v) is 11.8. The molecule has 1 amide bonds. The first kappa shape index (κ1) is 12.5. The lowest BCUT2D eigenvalue weighted by Gasteiger charge is -2.24. The predicted molar refractivity (Wildman–Crippen MR) is 70.9 cm³/mol. The van der Waals surface area contributed by atoms with E-state index in [4.69, 9.17) is 4.74 Å². The van der Waals surface area contributed by atoms with E-state index in [9.17, 15) is 4.79 Å². The van der Waals surface area contributed by atoms with Crippen LogP contribution >= 0.6 is 0 Å². The number of hydrogen-bond acceptors (Lipinski definition) is 3. The Kier molecular flexibility index (Phi) is 2.80. The summed E-state index contributed by atoms with van der Waals surface area (Å²) < 4.78 is 5.46. The second-order valence-electron chi connectivity index (χ2n) is 6.56. The molecule has 0 saturated carbocycles. The lowest BCUT2D eigenvalue weighted by molar-refractivity contribution is 0.0286. The lowest BCUT2D eigenvalue weighted by Crippen LogP contribution is -2.35. The molecule has 0 radical (unpaired) electrons. The smallest absolute Gasteiger partial charge is 0.410 e. The van der Waals surface area contributed by atoms with Crippen molar-refractivity contribution in [3.63, 3.8) is 0 Å². The topological polar surface area (TPSA) is 58.2 Å². The Morgan fingerprint density at radius 2 is 2.26 bits per heavy atom. The summed E-state index contributed by atoms with van der Waals surface area (Å²) in [5.41, 5.74) is 1.97. The number of likely N-dealkylation sites (tertiary alicyclic amines) is 1. The van der Waals surface area contributed by atoms with Crippen molar-refractivity contribution >= 4 is 6.09 Å². The Morgan fingerprint density at radius 3 is 3.00 bits per heavy atom. The molecule has 1 aliphatic heterocycles. The van der Waals surface area contributed by atoms with E-state index in [0.717, 1.165) is 31.6 Å². The minimum atomic E-state index is -0.428. The minimum Gasteiger partial charge on any atom is -0.444 e. The zero-order valence-electron chi connectivity index (χ0n) is 11.8. The number of carbonyl (C=O) groups excluding carboxylic acids is 1. The van der Waals surface area contributed by atoms with Crippen molar-refractivity contribution in [2.75, 3.05) is 13.1 Å². The molecule has 0 unspecified atom stereocenters. The first-order valence-electron chi connectivity index (χ1n) is 6.94. The minimum absolute atomic E-state index is 0.195. The molecule has 0 aromatic carbocycles. The Labute approximate surface area is 113 Å². The van der Waals surface area contributed by atoms with Crippen LogP contribution in [0.3, 0.4) is 0 Å². The molecule has 1 fully saturated rings. The van der Waals surface area contributed by atoms with Gasteiger partial charge in [-0.3, -0.25) is 0 Å². The van der Waals surface area contributed by atoms with Gasteiger partial charge in [-0.25, -0.2) is 9.78 Å². The van der Waals surface area contributed by atoms with Crippen molar-refractivity contribution < 1.29 is 9.53 Å². The van der Waals surface area contributed by atoms with Crippen LogP contribution in [0.1, 0.15) is 44.5 Å². The fourth-order valence-electron chi connectivity index (χ4n) is 3.13. The Morgan fingerprint density at radius 1 is 1.47 bits per heavy atom. The number of aromatic amines is 1. The van der Waals surface area contributed by atoms with E-state index < -0.39 is 5.60 Å². The summed E-state index contributed by atoms with van der Waals surface area (Å²) in [6.45, 7) is 7.24. The summed E-state index contributed by atoms with van der Waals surface area (Å²) in [6, 6.07) is 0. The maximum absolute atomic E-state index is 12.1. The predicted octanol–water partition coefficient (Wildman–Crippen LogP) is 2.31. The number of rotatable bonds is 0. The highest BCUT2D eigenvalue weighted by Gasteiger charge is 2.41. The molecule has 0 spiro atoms. The van der Waals surface area contributed by atoms with Gasteiger partial charge in [0, 0.05) is 24.7 Å². The summed E-state index contributed by atoms with van der Waals surface area (Å²) >= 11 is 0. The molecule has 5 heteroatoms. The molecular weight excluding hydrogens is 242 g/mol. The zero-order chi connectivity index (χ0) is 13.6. The molecule has 5 nitrogen and oxygen atoms in total. The van der Waals surface area contributed by atoms with Crippen molar-refractivity contribution in [3.05, 3.63) is 17.7 Å². The highest BCUT2D eigenvalue weighted by Crippen LogP contribution is 2.40. The SMILES string of the molecule is CC(C)(C)OC(=O)N1C[C@@H]2CCc3[nH]cnc3[C@@H]2C1. The van der Waals surface area contributed by atoms with Gasteiger partial charge in [-0.15, -0.1) is 0 Å². The van der Waals surface area contributed by atoms with Crippen molar-refractivity contribution in [2.45, 2.75) is 45.1 Å². The first-order valence-corrected chi connectivity index (χ1v) is 6.94. The standard InChI is InChI=1S/C14H21N3O2/c1-14(2,3)19-13(18)17-6-9-4-5-11-12(10(9)7-17)16-8-15-11/h8-10H,4-7H2,1-3H3,(H,15,16)/t9-,10+/m0/s1. The van der Waals surface area contributed by atoms with Crippen LogP contribution in [0.4, 0.5) is 4.79 Å². The van der Waals surface area contributed by atoms with Crippen LogP contribution < -0.4 is 0 Å². The summed E-state index contributed by atoms with van der Waals surface area (Å²) in [4.78, 5) is 21.6. The van der Waals surface area contributed by atoms with Gasteiger partial charge >= 0.3 is 6.09 Å². The third kappa shape index (κ3) is 2.33. The number of imidazole rings is 1. The molecule has 104 valence electrons. The van der Waals surface area contributed by atoms with E-state index in [1.54, 1.807) is 6.33 Å². The second kappa shape index (κ2) is 4.25. The van der Waals surface area contributed by atoms with E-state index in [-0.39, 0.29) is 6.09 Å². The van der Waals surface area contributed by atoms with Crippen LogP contribution in [-0.2, 0) is 11.2 Å². The molecular formula is C14H21N3O2. The summed E-state index contributed by atoms with van der Waals surface area (Å²) in [5.74, 6) is 0.908. The number of amides is 1. The number of fused-ring (bicyclic) bond motifs is 3. The Balaban J connectivity index is 1.72. The Hall–Kier alpha value is -1.52. The summed E-state index contributed by atoms with van der Waals surface area (Å²) in [6.07, 6.45) is 3.74. The fourth-order valence-corrected chi connectivity index (χ4v) is 3.13. The van der Waals surface area contributed by atoms with Crippen LogP contribution in [-0.4, -0.2) is 39.7 Å². The average molecular weight is 263 g/mol. The van der Waals surface area contributed by atoms with Gasteiger partial charge in [-0.2, -0.15) is 0 Å². The molecule has 1 saturated heterocycles. The number of H-pyrrole nitrogens is 1. The number of carbonyl (C=O) groups is 1. The van der Waals surface area contributed by atoms with Crippen LogP contribution in [0, 0.1) is 5.92 Å². The third-order valence-corrected chi connectivity index (χ3v) is 3.96. The van der Waals surface area contributed by atoms with Crippen LogP contribution in [0.15, 0.2) is 6.33 Å². The molecule has 1 aromatic heterocycles. The molecule has 2 heterocycles. The number of aryl methyl sites for hydroxylation is 1. The lowest BCUT2D eigenvalue weighted by atomic mass is 9.82. The number of nitrogens with one attached hydrogen (secondary N) is 1. The molecule has 1 N–H and O–H groups in total. The van der Waals surface area contributed by atoms with Gasteiger partial charge in [-0.1, -0.05) is 0 Å². The first-order chi connectivity index (χ1) is 8.94. The third-order valence-electron chi connectivity index (χ3n) is 3.96. The molecule has 3 rings (SSSR count). The summed E-state index contributed by atoms with van der Waals surface area (Å²) in [7, 11) is 0. The quantitative estimate of drug-likeness (QED) is 0.781. The van der Waals surface area contributed by atoms with Crippen LogP contribution in [0.5, 0.6) is 0 Å². The van der Waals surface area contributed by atoms with E-state index in [2.05, 4.69) is 9.97 Å². The molecule has 19 heavy (non-hydrogen) atoms. The molecule has 2 aliphatic rings. The normalized spacial score (nSPS) is 25.9. The van der Waals surface area contributed by atoms with Crippen LogP contribution in [0.25, 0.3) is 0 Å². The van der Waals surface area contributed by atoms with Crippen molar-refractivity contribution in [3.8, 4) is 0 Å². The monoisotopic (exact) mass is 263 g/mol. The maximum Gasteiger partial charge on any atom is 0.410 e. The number of hydrogen-bond donors (Lipinski definition) is 1. The van der Waals surface area contributed by atoms with Gasteiger partial charge in [-0.05, 0) is 39.5 Å². The second-order valence-corrected chi connectivity index (χ2v) is 6.56. The highest BCUT2D eigenvalue weighted by atomic mass is 16.6. The van der Waals surface area contributed by atoms with Gasteiger partial charge in [0.25, 0.3) is 0 Å². The van der Waals surface area contributed by atoms with E-state index in [1.165, 1.54) is 5.69 Å². The number of nitrogens with zero attached hydrogens (tertiary/aromatic N) is 2. The van der Waals surface area contributed by atoms with Crippen molar-refractivity contribution in [2.24, 2.45) is 5.92 Å². The largest absolute Gasteiger partial charge is 0.444 e.